The standard InChI is InChI=1S/C8H8O3/c1-10-7-3-2-4-8(5-7)11-6-9/h2-6H,1H3. The van der Waals surface area contributed by atoms with Gasteiger partial charge < -0.3 is 9.47 Å². The second-order valence-corrected chi connectivity index (χ2v) is 1.89. The fraction of sp³-hybridized carbons (Fsp3) is 0.125. The van der Waals surface area contributed by atoms with Gasteiger partial charge >= 0.3 is 0 Å². The Hall–Kier alpha value is -1.51. The Kier molecular flexibility index (Phi) is 2.49. The molecule has 3 nitrogen and oxygen atoms in total. The molecule has 0 aliphatic heterocycles. The van der Waals surface area contributed by atoms with Crippen molar-refractivity contribution < 1.29 is 14.3 Å². The van der Waals surface area contributed by atoms with Gasteiger partial charge in [-0.2, -0.15) is 0 Å². The van der Waals surface area contributed by atoms with E-state index in [2.05, 4.69) is 4.74 Å². The molecule has 0 saturated carbocycles. The van der Waals surface area contributed by atoms with E-state index in [4.69, 9.17) is 4.74 Å². The average molecular weight is 152 g/mol. The topological polar surface area (TPSA) is 35.5 Å². The zero-order valence-electron chi connectivity index (χ0n) is 6.11. The van der Waals surface area contributed by atoms with Gasteiger partial charge in [0.2, 0.25) is 0 Å². The van der Waals surface area contributed by atoms with Gasteiger partial charge in [0, 0.05) is 6.07 Å². The largest absolute Gasteiger partial charge is 0.497 e. The zero-order chi connectivity index (χ0) is 8.10. The minimum atomic E-state index is 0.384. The third-order valence-electron chi connectivity index (χ3n) is 1.23. The van der Waals surface area contributed by atoms with Crippen LogP contribution in [-0.2, 0) is 4.79 Å². The summed E-state index contributed by atoms with van der Waals surface area (Å²) in [5.41, 5.74) is 0. The van der Waals surface area contributed by atoms with Gasteiger partial charge in [0.05, 0.1) is 7.11 Å². The molecule has 0 N–H and O–H groups in total. The SMILES string of the molecule is COc1cccc(OC=O)c1. The van der Waals surface area contributed by atoms with E-state index < -0.39 is 0 Å². The monoisotopic (exact) mass is 152 g/mol. The molecule has 0 amide bonds. The van der Waals surface area contributed by atoms with Crippen molar-refractivity contribution in [1.29, 1.82) is 0 Å². The highest BCUT2D eigenvalue weighted by molar-refractivity contribution is 5.46. The van der Waals surface area contributed by atoms with Crippen LogP contribution in [0, 0.1) is 0 Å². The summed E-state index contributed by atoms with van der Waals surface area (Å²) in [6.45, 7) is 0.384. The maximum Gasteiger partial charge on any atom is 0.298 e. The summed E-state index contributed by atoms with van der Waals surface area (Å²) in [7, 11) is 1.56. The minimum Gasteiger partial charge on any atom is -0.497 e. The van der Waals surface area contributed by atoms with Crippen molar-refractivity contribution in [3.05, 3.63) is 24.3 Å². The number of rotatable bonds is 3. The van der Waals surface area contributed by atoms with Crippen LogP contribution < -0.4 is 9.47 Å². The molecule has 1 aromatic rings. The summed E-state index contributed by atoms with van der Waals surface area (Å²) >= 11 is 0. The van der Waals surface area contributed by atoms with E-state index in [-0.39, 0.29) is 0 Å². The van der Waals surface area contributed by atoms with Crippen molar-refractivity contribution in [2.24, 2.45) is 0 Å². The Bertz CT molecular complexity index is 245. The van der Waals surface area contributed by atoms with E-state index in [1.54, 1.807) is 31.4 Å². The van der Waals surface area contributed by atoms with Gasteiger partial charge in [0.25, 0.3) is 6.47 Å². The third kappa shape index (κ3) is 1.97. The van der Waals surface area contributed by atoms with Crippen molar-refractivity contribution in [1.82, 2.24) is 0 Å². The highest BCUT2D eigenvalue weighted by Gasteiger charge is 1.93. The summed E-state index contributed by atoms with van der Waals surface area (Å²) in [5, 5.41) is 0. The van der Waals surface area contributed by atoms with Gasteiger partial charge in [-0.05, 0) is 12.1 Å². The summed E-state index contributed by atoms with van der Waals surface area (Å²) in [5.74, 6) is 1.16. The van der Waals surface area contributed by atoms with Gasteiger partial charge in [0.15, 0.2) is 0 Å². The number of hydrogen-bond acceptors (Lipinski definition) is 3. The van der Waals surface area contributed by atoms with E-state index >= 15 is 0 Å². The summed E-state index contributed by atoms with van der Waals surface area (Å²) in [6.07, 6.45) is 0. The van der Waals surface area contributed by atoms with Crippen LogP contribution in [0.25, 0.3) is 0 Å². The van der Waals surface area contributed by atoms with Crippen molar-refractivity contribution in [3.8, 4) is 11.5 Å². The fourth-order valence-electron chi connectivity index (χ4n) is 0.730. The maximum atomic E-state index is 9.91. The third-order valence-corrected chi connectivity index (χ3v) is 1.23. The lowest BCUT2D eigenvalue weighted by Crippen LogP contribution is -1.89. The predicted octanol–water partition coefficient (Wildman–Crippen LogP) is 1.23. The second-order valence-electron chi connectivity index (χ2n) is 1.89. The van der Waals surface area contributed by atoms with Crippen LogP contribution in [0.15, 0.2) is 24.3 Å². The van der Waals surface area contributed by atoms with E-state index in [9.17, 15) is 4.79 Å². The van der Waals surface area contributed by atoms with Crippen molar-refractivity contribution in [3.63, 3.8) is 0 Å². The molecule has 1 rings (SSSR count). The van der Waals surface area contributed by atoms with Crippen LogP contribution in [0.4, 0.5) is 0 Å². The minimum absolute atomic E-state index is 0.384. The Labute approximate surface area is 64.5 Å². The number of carbonyl (C=O) groups excluding carboxylic acids is 1. The number of ether oxygens (including phenoxy) is 2. The van der Waals surface area contributed by atoms with Crippen LogP contribution in [0.3, 0.4) is 0 Å². The molecule has 3 heteroatoms. The van der Waals surface area contributed by atoms with Crippen molar-refractivity contribution >= 4 is 6.47 Å². The van der Waals surface area contributed by atoms with Gasteiger partial charge in [-0.25, -0.2) is 0 Å². The zero-order valence-corrected chi connectivity index (χ0v) is 6.11. The molecule has 0 aromatic heterocycles. The number of hydrogen-bond donors (Lipinski definition) is 0. The first-order valence-electron chi connectivity index (χ1n) is 3.11. The molecule has 0 radical (unpaired) electrons. The van der Waals surface area contributed by atoms with E-state index in [0.717, 1.165) is 0 Å². The number of methoxy groups -OCH3 is 1. The lowest BCUT2D eigenvalue weighted by molar-refractivity contribution is -0.120. The molecule has 1 aromatic carbocycles. The second kappa shape index (κ2) is 3.61. The Morgan fingerprint density at radius 2 is 2.09 bits per heavy atom. The lowest BCUT2D eigenvalue weighted by Gasteiger charge is -2.00. The summed E-state index contributed by atoms with van der Waals surface area (Å²) in [6, 6.07) is 6.83. The number of benzene rings is 1. The van der Waals surface area contributed by atoms with Gasteiger partial charge in [-0.1, -0.05) is 6.07 Å². The van der Waals surface area contributed by atoms with Crippen LogP contribution in [0.2, 0.25) is 0 Å². The predicted molar refractivity (Wildman–Crippen MR) is 39.7 cm³/mol. The van der Waals surface area contributed by atoms with Crippen LogP contribution >= 0.6 is 0 Å². The molecular formula is C8H8O3. The Balaban J connectivity index is 2.82. The molecule has 0 spiro atoms. The average Bonchev–Trinajstić information content (AvgIpc) is 2.06. The smallest absolute Gasteiger partial charge is 0.298 e. The van der Waals surface area contributed by atoms with Crippen LogP contribution in [0.5, 0.6) is 11.5 Å². The van der Waals surface area contributed by atoms with Gasteiger partial charge in [0.1, 0.15) is 11.5 Å². The Morgan fingerprint density at radius 1 is 1.36 bits per heavy atom. The normalized spacial score (nSPS) is 8.82. The molecule has 0 unspecified atom stereocenters. The summed E-state index contributed by atoms with van der Waals surface area (Å²) in [4.78, 5) is 9.91. The highest BCUT2D eigenvalue weighted by Crippen LogP contribution is 2.17. The number of carbonyl (C=O) groups is 1. The van der Waals surface area contributed by atoms with Crippen molar-refractivity contribution in [2.45, 2.75) is 0 Å². The molecule has 0 aliphatic rings. The highest BCUT2D eigenvalue weighted by atomic mass is 16.5. The van der Waals surface area contributed by atoms with E-state index in [1.807, 2.05) is 0 Å². The first kappa shape index (κ1) is 7.60. The van der Waals surface area contributed by atoms with E-state index in [0.29, 0.717) is 18.0 Å². The molecule has 0 bridgehead atoms. The molecule has 0 aliphatic carbocycles. The van der Waals surface area contributed by atoms with Crippen LogP contribution in [-0.4, -0.2) is 13.6 Å². The first-order valence-corrected chi connectivity index (χ1v) is 3.11. The molecule has 11 heavy (non-hydrogen) atoms. The molecule has 0 saturated heterocycles. The Morgan fingerprint density at radius 3 is 2.73 bits per heavy atom. The fourth-order valence-corrected chi connectivity index (χ4v) is 0.730. The van der Waals surface area contributed by atoms with E-state index in [1.165, 1.54) is 0 Å². The first-order chi connectivity index (χ1) is 5.36. The van der Waals surface area contributed by atoms with Crippen molar-refractivity contribution in [2.75, 3.05) is 7.11 Å². The van der Waals surface area contributed by atoms with Gasteiger partial charge in [-0.15, -0.1) is 0 Å². The summed E-state index contributed by atoms with van der Waals surface area (Å²) < 4.78 is 9.49. The molecule has 58 valence electrons. The maximum absolute atomic E-state index is 9.91. The lowest BCUT2D eigenvalue weighted by atomic mass is 10.3. The van der Waals surface area contributed by atoms with Gasteiger partial charge in [-0.3, -0.25) is 4.79 Å². The molecular weight excluding hydrogens is 144 g/mol. The quantitative estimate of drug-likeness (QED) is 0.611. The molecule has 0 heterocycles. The van der Waals surface area contributed by atoms with Crippen LogP contribution in [0.1, 0.15) is 0 Å². The molecule has 0 atom stereocenters. The molecule has 0 fully saturated rings.